The van der Waals surface area contributed by atoms with Gasteiger partial charge in [-0.05, 0) is 6.42 Å². The van der Waals surface area contributed by atoms with Crippen molar-refractivity contribution in [2.75, 3.05) is 6.61 Å². The van der Waals surface area contributed by atoms with Gasteiger partial charge in [-0.1, -0.05) is 6.58 Å². The number of rotatable bonds is 2. The largest absolute Gasteiger partial charge is 0.462 e. The molecule has 7 heteroatoms. The molecule has 1 saturated heterocycles. The molecule has 1 rings (SSSR count). The summed E-state index contributed by atoms with van der Waals surface area (Å²) >= 11 is 0. The van der Waals surface area contributed by atoms with Crippen molar-refractivity contribution in [3.63, 3.8) is 0 Å². The highest BCUT2D eigenvalue weighted by Gasteiger charge is 2.39. The van der Waals surface area contributed by atoms with E-state index in [1.807, 2.05) is 0 Å². The fraction of sp³-hybridized carbons (Fsp3) is 0.556. The van der Waals surface area contributed by atoms with E-state index in [-0.39, 0.29) is 19.4 Å². The second-order valence-corrected chi connectivity index (χ2v) is 3.23. The van der Waals surface area contributed by atoms with Gasteiger partial charge in [-0.2, -0.15) is 13.2 Å². The number of esters is 2. The number of carbonyl (C=O) groups is 2. The summed E-state index contributed by atoms with van der Waals surface area (Å²) in [5, 5.41) is 0. The number of ether oxygens (including phenoxy) is 2. The van der Waals surface area contributed by atoms with E-state index in [0.717, 1.165) is 0 Å². The Morgan fingerprint density at radius 2 is 2.12 bits per heavy atom. The van der Waals surface area contributed by atoms with Gasteiger partial charge in [0, 0.05) is 6.42 Å². The van der Waals surface area contributed by atoms with Crippen molar-refractivity contribution in [2.45, 2.75) is 25.1 Å². The average Bonchev–Trinajstić information content (AvgIpc) is 2.19. The molecule has 0 radical (unpaired) electrons. The first kappa shape index (κ1) is 12.5. The first-order valence-electron chi connectivity index (χ1n) is 4.43. The van der Waals surface area contributed by atoms with Crippen LogP contribution in [0.25, 0.3) is 0 Å². The second-order valence-electron chi connectivity index (χ2n) is 3.23. The maximum Gasteiger partial charge on any atom is 0.422 e. The van der Waals surface area contributed by atoms with Crippen LogP contribution in [0.3, 0.4) is 0 Å². The Morgan fingerprint density at radius 1 is 1.50 bits per heavy atom. The van der Waals surface area contributed by atoms with Crippen LogP contribution < -0.4 is 0 Å². The quantitative estimate of drug-likeness (QED) is 0.538. The summed E-state index contributed by atoms with van der Waals surface area (Å²) in [6, 6.07) is 0. The minimum absolute atomic E-state index is 0.0242. The molecule has 0 amide bonds. The molecular formula is C9H9F3O4. The summed E-state index contributed by atoms with van der Waals surface area (Å²) in [7, 11) is 0. The zero-order valence-corrected chi connectivity index (χ0v) is 8.17. The molecular weight excluding hydrogens is 229 g/mol. The van der Waals surface area contributed by atoms with Crippen LogP contribution in [0.5, 0.6) is 0 Å². The number of halogens is 3. The highest BCUT2D eigenvalue weighted by molar-refractivity contribution is 5.89. The molecule has 1 unspecified atom stereocenters. The summed E-state index contributed by atoms with van der Waals surface area (Å²) in [4.78, 5) is 21.6. The van der Waals surface area contributed by atoms with Crippen molar-refractivity contribution in [3.05, 3.63) is 12.2 Å². The molecule has 1 fully saturated rings. The van der Waals surface area contributed by atoms with Gasteiger partial charge in [-0.15, -0.1) is 0 Å². The smallest absolute Gasteiger partial charge is 0.422 e. The van der Waals surface area contributed by atoms with E-state index in [4.69, 9.17) is 0 Å². The average molecular weight is 238 g/mol. The molecule has 0 bridgehead atoms. The van der Waals surface area contributed by atoms with Crippen molar-refractivity contribution in [3.8, 4) is 0 Å². The number of alkyl halides is 3. The van der Waals surface area contributed by atoms with E-state index in [1.54, 1.807) is 0 Å². The lowest BCUT2D eigenvalue weighted by atomic mass is 10.1. The highest BCUT2D eigenvalue weighted by atomic mass is 19.4. The molecule has 1 aliphatic heterocycles. The van der Waals surface area contributed by atoms with Gasteiger partial charge in [-0.3, -0.25) is 4.79 Å². The van der Waals surface area contributed by atoms with Gasteiger partial charge in [0.25, 0.3) is 0 Å². The molecule has 16 heavy (non-hydrogen) atoms. The lowest BCUT2D eigenvalue weighted by Crippen LogP contribution is -2.32. The zero-order valence-electron chi connectivity index (χ0n) is 8.17. The van der Waals surface area contributed by atoms with E-state index in [2.05, 4.69) is 16.1 Å². The normalized spacial score (nSPS) is 21.2. The molecule has 0 aromatic rings. The Morgan fingerprint density at radius 3 is 2.56 bits per heavy atom. The van der Waals surface area contributed by atoms with Gasteiger partial charge < -0.3 is 9.47 Å². The summed E-state index contributed by atoms with van der Waals surface area (Å²) < 4.78 is 45.1. The van der Waals surface area contributed by atoms with Gasteiger partial charge in [0.2, 0.25) is 0 Å². The first-order valence-corrected chi connectivity index (χ1v) is 4.43. The van der Waals surface area contributed by atoms with Crippen molar-refractivity contribution in [1.29, 1.82) is 0 Å². The molecule has 0 saturated carbocycles. The maximum atomic E-state index is 12.0. The third kappa shape index (κ3) is 3.25. The molecule has 4 nitrogen and oxygen atoms in total. The summed E-state index contributed by atoms with van der Waals surface area (Å²) in [6.45, 7) is 2.39. The molecule has 0 N–H and O–H groups in total. The monoisotopic (exact) mass is 238 g/mol. The summed E-state index contributed by atoms with van der Waals surface area (Å²) in [6.07, 6.45) is -5.45. The van der Waals surface area contributed by atoms with Crippen molar-refractivity contribution >= 4 is 11.9 Å². The lowest BCUT2D eigenvalue weighted by molar-refractivity contribution is -0.168. The standard InChI is InChI=1S/C9H9F3O4/c1-5(9(10,11)12)8(14)16-6-2-3-7(13)15-4-6/h6H,1-4H2. The van der Waals surface area contributed by atoms with E-state index >= 15 is 0 Å². The van der Waals surface area contributed by atoms with E-state index in [0.29, 0.717) is 0 Å². The van der Waals surface area contributed by atoms with Crippen molar-refractivity contribution in [2.24, 2.45) is 0 Å². The number of cyclic esters (lactones) is 1. The minimum Gasteiger partial charge on any atom is -0.462 e. The van der Waals surface area contributed by atoms with Crippen LogP contribution in [0.2, 0.25) is 0 Å². The van der Waals surface area contributed by atoms with E-state index < -0.39 is 29.8 Å². The zero-order chi connectivity index (χ0) is 12.3. The van der Waals surface area contributed by atoms with Gasteiger partial charge in [0.05, 0.1) is 0 Å². The molecule has 0 aromatic carbocycles. The summed E-state index contributed by atoms with van der Waals surface area (Å²) in [5.74, 6) is -1.99. The Labute approximate surface area is 89.0 Å². The number of hydrogen-bond donors (Lipinski definition) is 0. The van der Waals surface area contributed by atoms with Gasteiger partial charge in [-0.25, -0.2) is 4.79 Å². The molecule has 1 heterocycles. The minimum atomic E-state index is -4.80. The fourth-order valence-corrected chi connectivity index (χ4v) is 1.05. The fourth-order valence-electron chi connectivity index (χ4n) is 1.05. The third-order valence-electron chi connectivity index (χ3n) is 1.96. The second kappa shape index (κ2) is 4.54. The van der Waals surface area contributed by atoms with Crippen molar-refractivity contribution in [1.82, 2.24) is 0 Å². The predicted octanol–water partition coefficient (Wildman–Crippen LogP) is 1.35. The van der Waals surface area contributed by atoms with Crippen LogP contribution in [0.4, 0.5) is 13.2 Å². The van der Waals surface area contributed by atoms with Crippen LogP contribution in [0.15, 0.2) is 12.2 Å². The molecule has 1 atom stereocenters. The number of carbonyl (C=O) groups excluding carboxylic acids is 2. The van der Waals surface area contributed by atoms with Gasteiger partial charge >= 0.3 is 18.1 Å². The van der Waals surface area contributed by atoms with Gasteiger partial charge in [0.15, 0.2) is 0 Å². The van der Waals surface area contributed by atoms with Crippen molar-refractivity contribution < 1.29 is 32.2 Å². The highest BCUT2D eigenvalue weighted by Crippen LogP contribution is 2.25. The van der Waals surface area contributed by atoms with E-state index in [9.17, 15) is 22.8 Å². The van der Waals surface area contributed by atoms with Crippen LogP contribution in [0, 0.1) is 0 Å². The maximum absolute atomic E-state index is 12.0. The predicted molar refractivity (Wildman–Crippen MR) is 45.3 cm³/mol. The van der Waals surface area contributed by atoms with Crippen LogP contribution in [-0.2, 0) is 19.1 Å². The van der Waals surface area contributed by atoms with Gasteiger partial charge in [0.1, 0.15) is 18.3 Å². The number of hydrogen-bond acceptors (Lipinski definition) is 4. The van der Waals surface area contributed by atoms with Crippen LogP contribution in [0.1, 0.15) is 12.8 Å². The Balaban J connectivity index is 2.46. The summed E-state index contributed by atoms with van der Waals surface area (Å²) in [5.41, 5.74) is -1.57. The Hall–Kier alpha value is -1.53. The molecule has 0 aromatic heterocycles. The SMILES string of the molecule is C=C(C(=O)OC1CCC(=O)OC1)C(F)(F)F. The molecule has 90 valence electrons. The van der Waals surface area contributed by atoms with Crippen LogP contribution >= 0.6 is 0 Å². The molecule has 0 aliphatic carbocycles. The third-order valence-corrected chi connectivity index (χ3v) is 1.96. The molecule has 0 spiro atoms. The topological polar surface area (TPSA) is 52.6 Å². The first-order chi connectivity index (χ1) is 7.30. The Bertz CT molecular complexity index is 311. The lowest BCUT2D eigenvalue weighted by Gasteiger charge is -2.22. The molecule has 1 aliphatic rings. The van der Waals surface area contributed by atoms with Crippen LogP contribution in [-0.4, -0.2) is 30.8 Å². The van der Waals surface area contributed by atoms with E-state index in [1.165, 1.54) is 0 Å². The Kier molecular flexibility index (Phi) is 3.56.